The molecule has 2 N–H and O–H groups in total. The van der Waals surface area contributed by atoms with E-state index in [9.17, 15) is 14.7 Å². The SMILES string of the molecule is CC(C)C[C@H](NC(=O)OC(C)(C)C)C(=O)N1CC(C)C(O)C1. The van der Waals surface area contributed by atoms with Crippen molar-refractivity contribution in [3.63, 3.8) is 0 Å². The molecular weight excluding hydrogens is 284 g/mol. The van der Waals surface area contributed by atoms with Gasteiger partial charge in [-0.25, -0.2) is 4.79 Å². The molecule has 22 heavy (non-hydrogen) atoms. The van der Waals surface area contributed by atoms with Crippen LogP contribution in [0.15, 0.2) is 0 Å². The Hall–Kier alpha value is -1.30. The molecule has 0 spiro atoms. The number of nitrogens with one attached hydrogen (secondary N) is 1. The fourth-order valence-electron chi connectivity index (χ4n) is 2.49. The Morgan fingerprint density at radius 2 is 1.91 bits per heavy atom. The van der Waals surface area contributed by atoms with Crippen LogP contribution in [0.3, 0.4) is 0 Å². The number of nitrogens with zero attached hydrogens (tertiary/aromatic N) is 1. The van der Waals surface area contributed by atoms with Crippen LogP contribution < -0.4 is 5.32 Å². The highest BCUT2D eigenvalue weighted by Gasteiger charge is 2.35. The van der Waals surface area contributed by atoms with E-state index < -0.39 is 23.8 Å². The van der Waals surface area contributed by atoms with Crippen molar-refractivity contribution in [3.8, 4) is 0 Å². The largest absolute Gasteiger partial charge is 0.444 e. The second-order valence-corrected chi connectivity index (χ2v) is 7.62. The summed E-state index contributed by atoms with van der Waals surface area (Å²) in [6.45, 7) is 12.1. The first-order valence-corrected chi connectivity index (χ1v) is 7.96. The van der Waals surface area contributed by atoms with Gasteiger partial charge in [0, 0.05) is 19.0 Å². The first kappa shape index (κ1) is 18.7. The number of β-amino-alcohol motifs (C(OH)–C–C–N with tert-alkyl or cyclic N) is 1. The van der Waals surface area contributed by atoms with E-state index in [1.165, 1.54) is 0 Å². The van der Waals surface area contributed by atoms with Crippen LogP contribution in [0.5, 0.6) is 0 Å². The van der Waals surface area contributed by atoms with Crippen LogP contribution in [0, 0.1) is 11.8 Å². The number of alkyl carbamates (subject to hydrolysis) is 1. The number of hydrogen-bond donors (Lipinski definition) is 2. The zero-order valence-corrected chi connectivity index (χ0v) is 14.5. The molecule has 1 saturated heterocycles. The average Bonchev–Trinajstić information content (AvgIpc) is 2.64. The number of likely N-dealkylation sites (tertiary alicyclic amines) is 1. The lowest BCUT2D eigenvalue weighted by molar-refractivity contribution is -0.133. The van der Waals surface area contributed by atoms with E-state index in [1.807, 2.05) is 20.8 Å². The number of aliphatic hydroxyl groups excluding tert-OH is 1. The second kappa shape index (κ2) is 7.31. The minimum absolute atomic E-state index is 0.0603. The van der Waals surface area contributed by atoms with Crippen LogP contribution in [-0.4, -0.2) is 52.8 Å². The molecule has 6 nitrogen and oxygen atoms in total. The lowest BCUT2D eigenvalue weighted by Gasteiger charge is -2.27. The molecule has 2 unspecified atom stereocenters. The highest BCUT2D eigenvalue weighted by Crippen LogP contribution is 2.19. The van der Waals surface area contributed by atoms with E-state index >= 15 is 0 Å². The van der Waals surface area contributed by atoms with Crippen LogP contribution in [0.1, 0.15) is 48.0 Å². The van der Waals surface area contributed by atoms with Crippen molar-refractivity contribution in [2.24, 2.45) is 11.8 Å². The molecule has 1 aliphatic heterocycles. The van der Waals surface area contributed by atoms with E-state index in [4.69, 9.17) is 4.74 Å². The van der Waals surface area contributed by atoms with Gasteiger partial charge in [-0.1, -0.05) is 20.8 Å². The molecule has 1 rings (SSSR count). The zero-order valence-electron chi connectivity index (χ0n) is 14.5. The number of rotatable bonds is 4. The minimum Gasteiger partial charge on any atom is -0.444 e. The van der Waals surface area contributed by atoms with Crippen LogP contribution in [-0.2, 0) is 9.53 Å². The lowest BCUT2D eigenvalue weighted by atomic mass is 10.0. The molecule has 0 aromatic carbocycles. The summed E-state index contributed by atoms with van der Waals surface area (Å²) in [5, 5.41) is 12.5. The van der Waals surface area contributed by atoms with Crippen molar-refractivity contribution in [1.82, 2.24) is 10.2 Å². The topological polar surface area (TPSA) is 78.9 Å². The first-order chi connectivity index (χ1) is 9.99. The fraction of sp³-hybridized carbons (Fsp3) is 0.875. The summed E-state index contributed by atoms with van der Waals surface area (Å²) in [6, 6.07) is -0.618. The summed E-state index contributed by atoms with van der Waals surface area (Å²) in [5.74, 6) is 0.168. The van der Waals surface area contributed by atoms with Crippen molar-refractivity contribution in [2.75, 3.05) is 13.1 Å². The minimum atomic E-state index is -0.618. The van der Waals surface area contributed by atoms with Gasteiger partial charge >= 0.3 is 6.09 Å². The molecule has 0 saturated carbocycles. The van der Waals surface area contributed by atoms with Crippen molar-refractivity contribution in [2.45, 2.75) is 65.7 Å². The average molecular weight is 314 g/mol. The number of amides is 2. The highest BCUT2D eigenvalue weighted by atomic mass is 16.6. The van der Waals surface area contributed by atoms with Crippen molar-refractivity contribution < 1.29 is 19.4 Å². The molecule has 0 aromatic heterocycles. The van der Waals surface area contributed by atoms with Gasteiger partial charge in [0.2, 0.25) is 5.91 Å². The number of hydrogen-bond acceptors (Lipinski definition) is 4. The molecule has 0 aromatic rings. The smallest absolute Gasteiger partial charge is 0.408 e. The maximum Gasteiger partial charge on any atom is 0.408 e. The van der Waals surface area contributed by atoms with Gasteiger partial charge in [-0.2, -0.15) is 0 Å². The third kappa shape index (κ3) is 5.83. The molecule has 6 heteroatoms. The summed E-state index contributed by atoms with van der Waals surface area (Å²) in [4.78, 5) is 26.2. The van der Waals surface area contributed by atoms with Gasteiger partial charge in [0.1, 0.15) is 11.6 Å². The Kier molecular flexibility index (Phi) is 6.23. The van der Waals surface area contributed by atoms with Gasteiger partial charge in [-0.15, -0.1) is 0 Å². The maximum atomic E-state index is 12.6. The number of ether oxygens (including phenoxy) is 1. The van der Waals surface area contributed by atoms with Gasteiger partial charge in [-0.3, -0.25) is 4.79 Å². The van der Waals surface area contributed by atoms with Crippen LogP contribution in [0.4, 0.5) is 4.79 Å². The summed E-state index contributed by atoms with van der Waals surface area (Å²) in [7, 11) is 0. The summed E-state index contributed by atoms with van der Waals surface area (Å²) < 4.78 is 5.23. The van der Waals surface area contributed by atoms with Crippen LogP contribution >= 0.6 is 0 Å². The van der Waals surface area contributed by atoms with Crippen molar-refractivity contribution in [3.05, 3.63) is 0 Å². The van der Waals surface area contributed by atoms with Crippen molar-refractivity contribution in [1.29, 1.82) is 0 Å². The maximum absolute atomic E-state index is 12.6. The Morgan fingerprint density at radius 3 is 2.32 bits per heavy atom. The molecule has 128 valence electrons. The molecule has 0 bridgehead atoms. The summed E-state index contributed by atoms with van der Waals surface area (Å²) in [5.41, 5.74) is -0.603. The zero-order chi connectivity index (χ0) is 17.1. The van der Waals surface area contributed by atoms with Gasteiger partial charge in [0.25, 0.3) is 0 Å². The predicted octanol–water partition coefficient (Wildman–Crippen LogP) is 1.77. The van der Waals surface area contributed by atoms with E-state index in [2.05, 4.69) is 5.32 Å². The third-order valence-corrected chi connectivity index (χ3v) is 3.58. The number of aliphatic hydroxyl groups is 1. The van der Waals surface area contributed by atoms with Gasteiger partial charge in [0.15, 0.2) is 0 Å². The van der Waals surface area contributed by atoms with Crippen LogP contribution in [0.25, 0.3) is 0 Å². The molecule has 3 atom stereocenters. The van der Waals surface area contributed by atoms with Crippen molar-refractivity contribution >= 4 is 12.0 Å². The normalized spacial score (nSPS) is 23.5. The quantitative estimate of drug-likeness (QED) is 0.829. The Bertz CT molecular complexity index is 393. The number of carbonyl (C=O) groups excluding carboxylic acids is 2. The Morgan fingerprint density at radius 1 is 1.32 bits per heavy atom. The van der Waals surface area contributed by atoms with E-state index in [0.29, 0.717) is 19.5 Å². The molecule has 2 amide bonds. The predicted molar refractivity (Wildman–Crippen MR) is 84.4 cm³/mol. The fourth-order valence-corrected chi connectivity index (χ4v) is 2.49. The molecule has 0 aliphatic carbocycles. The first-order valence-electron chi connectivity index (χ1n) is 7.96. The monoisotopic (exact) mass is 314 g/mol. The van der Waals surface area contributed by atoms with E-state index in [-0.39, 0.29) is 17.7 Å². The summed E-state index contributed by atoms with van der Waals surface area (Å²) in [6.07, 6.45) is -0.538. The second-order valence-electron chi connectivity index (χ2n) is 7.62. The molecular formula is C16H30N2O4. The third-order valence-electron chi connectivity index (χ3n) is 3.58. The van der Waals surface area contributed by atoms with Crippen LogP contribution in [0.2, 0.25) is 0 Å². The summed E-state index contributed by atoms with van der Waals surface area (Å²) >= 11 is 0. The highest BCUT2D eigenvalue weighted by molar-refractivity contribution is 5.86. The molecule has 1 aliphatic rings. The Labute approximate surface area is 133 Å². The lowest BCUT2D eigenvalue weighted by Crippen LogP contribution is -2.49. The molecule has 0 radical (unpaired) electrons. The van der Waals surface area contributed by atoms with E-state index in [1.54, 1.807) is 25.7 Å². The number of carbonyl (C=O) groups is 2. The van der Waals surface area contributed by atoms with E-state index in [0.717, 1.165) is 0 Å². The van der Waals surface area contributed by atoms with Gasteiger partial charge < -0.3 is 20.1 Å². The molecule has 1 heterocycles. The van der Waals surface area contributed by atoms with Gasteiger partial charge in [-0.05, 0) is 33.1 Å². The van der Waals surface area contributed by atoms with Gasteiger partial charge in [0.05, 0.1) is 6.10 Å². The standard InChI is InChI=1S/C16H30N2O4/c1-10(2)7-12(17-15(21)22-16(4,5)6)14(20)18-8-11(3)13(19)9-18/h10-13,19H,7-9H2,1-6H3,(H,17,21)/t11?,12-,13?/m0/s1. The Balaban J connectivity index is 2.71. The molecule has 1 fully saturated rings.